The Hall–Kier alpha value is -5.22. The number of ether oxygens (including phenoxy) is 2. The zero-order chi connectivity index (χ0) is 30.4. The first kappa shape index (κ1) is 29.8. The average Bonchev–Trinajstić information content (AvgIpc) is 2.92. The van der Waals surface area contributed by atoms with Crippen molar-refractivity contribution < 1.29 is 44.6 Å². The van der Waals surface area contributed by atoms with E-state index in [9.17, 15) is 35.1 Å². The van der Waals surface area contributed by atoms with E-state index >= 15 is 0 Å². The van der Waals surface area contributed by atoms with Crippen LogP contribution in [0, 0.1) is 58.6 Å². The van der Waals surface area contributed by atoms with Gasteiger partial charge in [0.15, 0.2) is 11.6 Å². The van der Waals surface area contributed by atoms with Crippen molar-refractivity contribution in [3.8, 4) is 35.2 Å². The highest BCUT2D eigenvalue weighted by Crippen LogP contribution is 2.36. The number of hydrogen-bond donors (Lipinski definition) is 0. The van der Waals surface area contributed by atoms with E-state index in [1.54, 1.807) is 0 Å². The highest BCUT2D eigenvalue weighted by molar-refractivity contribution is 5.48. The maximum atomic E-state index is 14.8. The maximum absolute atomic E-state index is 14.8. The van der Waals surface area contributed by atoms with Gasteiger partial charge in [-0.05, 0) is 54.6 Å². The summed E-state index contributed by atoms with van der Waals surface area (Å²) in [5.41, 5.74) is -2.54. The molecule has 0 amide bonds. The van der Waals surface area contributed by atoms with Crippen molar-refractivity contribution in [1.29, 1.82) is 0 Å². The maximum Gasteiger partial charge on any atom is 0.432 e. The molecule has 0 aliphatic rings. The van der Waals surface area contributed by atoms with Crippen LogP contribution in [0.4, 0.5) is 35.1 Å². The predicted molar refractivity (Wildman–Crippen MR) is 138 cm³/mol. The topological polar surface area (TPSA) is 18.5 Å². The van der Waals surface area contributed by atoms with Gasteiger partial charge < -0.3 is 9.47 Å². The van der Waals surface area contributed by atoms with Crippen LogP contribution >= 0.6 is 0 Å². The van der Waals surface area contributed by atoms with E-state index in [2.05, 4.69) is 35.0 Å². The van der Waals surface area contributed by atoms with Gasteiger partial charge in [-0.2, -0.15) is 8.78 Å². The molecule has 42 heavy (non-hydrogen) atoms. The number of rotatable bonds is 6. The summed E-state index contributed by atoms with van der Waals surface area (Å²) in [7, 11) is 0. The Labute approximate surface area is 234 Å². The number of alkyl halides is 2. The molecule has 2 nitrogen and oxygen atoms in total. The summed E-state index contributed by atoms with van der Waals surface area (Å²) in [6, 6.07) is 9.86. The number of benzene rings is 4. The second kappa shape index (κ2) is 12.5. The highest BCUT2D eigenvalue weighted by Gasteiger charge is 2.41. The summed E-state index contributed by atoms with van der Waals surface area (Å²) in [4.78, 5) is 0. The summed E-state index contributed by atoms with van der Waals surface area (Å²) in [5, 5.41) is 0. The van der Waals surface area contributed by atoms with Crippen molar-refractivity contribution in [3.05, 3.63) is 142 Å². The Morgan fingerprint density at radius 1 is 0.595 bits per heavy atom. The van der Waals surface area contributed by atoms with Crippen molar-refractivity contribution in [1.82, 2.24) is 0 Å². The molecule has 4 aromatic carbocycles. The predicted octanol–water partition coefficient (Wildman–Crippen LogP) is 8.01. The molecule has 10 heteroatoms. The largest absolute Gasteiger partial charge is 0.489 e. The van der Waals surface area contributed by atoms with E-state index in [0.717, 1.165) is 36.4 Å². The number of hydrogen-bond acceptors (Lipinski definition) is 2. The van der Waals surface area contributed by atoms with Crippen LogP contribution < -0.4 is 9.47 Å². The fraction of sp³-hybridized carbons (Fsp3) is 0.0625. The monoisotopic (exact) mass is 584 g/mol. The van der Waals surface area contributed by atoms with E-state index in [0.29, 0.717) is 18.2 Å². The van der Waals surface area contributed by atoms with Crippen LogP contribution in [0.3, 0.4) is 0 Å². The lowest BCUT2D eigenvalue weighted by molar-refractivity contribution is -0.189. The first-order valence-corrected chi connectivity index (χ1v) is 11.8. The minimum atomic E-state index is -4.58. The standard InChI is InChI=1S/C32H16F8O2/c1-2-13-41-23-10-8-22(26(34)17-23)7-4-20-15-29(37)31(30(38)16-20)32(39,40)42-24-11-9-21(27(35)18-24)6-3-19-5-12-25(33)28(36)14-19/h2,5,8-12,14-18H,1,13H2. The first-order valence-electron chi connectivity index (χ1n) is 11.8. The number of halogens is 8. The van der Waals surface area contributed by atoms with Gasteiger partial charge in [0.25, 0.3) is 0 Å². The Kier molecular flexibility index (Phi) is 8.87. The lowest BCUT2D eigenvalue weighted by Crippen LogP contribution is -2.25. The molecule has 0 saturated carbocycles. The van der Waals surface area contributed by atoms with Gasteiger partial charge in [0.1, 0.15) is 46.9 Å². The SMILES string of the molecule is C=CCOc1ccc(C#Cc2cc(F)c(C(F)(F)Oc3ccc(C#Cc4ccc(F)c(F)c4)c(F)c3)c(F)c2)c(F)c1. The average molecular weight is 584 g/mol. The summed E-state index contributed by atoms with van der Waals surface area (Å²) < 4.78 is 123. The lowest BCUT2D eigenvalue weighted by atomic mass is 10.1. The van der Waals surface area contributed by atoms with Crippen LogP contribution in [-0.4, -0.2) is 6.61 Å². The summed E-state index contributed by atoms with van der Waals surface area (Å²) >= 11 is 0. The molecule has 212 valence electrons. The molecule has 0 aliphatic carbocycles. The van der Waals surface area contributed by atoms with Crippen LogP contribution in [0.1, 0.15) is 27.8 Å². The zero-order valence-electron chi connectivity index (χ0n) is 21.2. The van der Waals surface area contributed by atoms with Gasteiger partial charge in [-0.15, -0.1) is 0 Å². The van der Waals surface area contributed by atoms with Crippen molar-refractivity contribution >= 4 is 0 Å². The second-order valence-electron chi connectivity index (χ2n) is 8.45. The van der Waals surface area contributed by atoms with E-state index in [1.165, 1.54) is 18.2 Å². The van der Waals surface area contributed by atoms with E-state index < -0.39 is 52.3 Å². The van der Waals surface area contributed by atoms with Gasteiger partial charge >= 0.3 is 6.11 Å². The van der Waals surface area contributed by atoms with Crippen molar-refractivity contribution in [3.63, 3.8) is 0 Å². The van der Waals surface area contributed by atoms with Gasteiger partial charge in [0.2, 0.25) is 0 Å². The van der Waals surface area contributed by atoms with Crippen LogP contribution in [0.2, 0.25) is 0 Å². The fourth-order valence-electron chi connectivity index (χ4n) is 3.48. The van der Waals surface area contributed by atoms with Gasteiger partial charge in [0, 0.05) is 23.3 Å². The molecule has 4 aromatic rings. The Balaban J connectivity index is 1.52. The van der Waals surface area contributed by atoms with Crippen molar-refractivity contribution in [2.45, 2.75) is 6.11 Å². The van der Waals surface area contributed by atoms with Crippen LogP contribution in [0.15, 0.2) is 79.4 Å². The molecule has 0 aliphatic heterocycles. The molecule has 0 bridgehead atoms. The molecular formula is C32H16F8O2. The molecule has 4 rings (SSSR count). The van der Waals surface area contributed by atoms with Gasteiger partial charge in [-0.1, -0.05) is 36.3 Å². The molecule has 0 radical (unpaired) electrons. The second-order valence-corrected chi connectivity index (χ2v) is 8.45. The molecule has 0 spiro atoms. The zero-order valence-corrected chi connectivity index (χ0v) is 21.2. The molecule has 0 N–H and O–H groups in total. The lowest BCUT2D eigenvalue weighted by Gasteiger charge is -2.19. The third-order valence-corrected chi connectivity index (χ3v) is 5.43. The highest BCUT2D eigenvalue weighted by atomic mass is 19.3. The quantitative estimate of drug-likeness (QED) is 0.130. The minimum Gasteiger partial charge on any atom is -0.489 e. The fourth-order valence-corrected chi connectivity index (χ4v) is 3.48. The van der Waals surface area contributed by atoms with Crippen LogP contribution in [0.5, 0.6) is 11.5 Å². The molecule has 0 heterocycles. The molecule has 0 fully saturated rings. The normalized spacial score (nSPS) is 10.7. The Bertz CT molecular complexity index is 1770. The minimum absolute atomic E-state index is 0.0242. The molecule has 0 unspecified atom stereocenters. The smallest absolute Gasteiger partial charge is 0.432 e. The van der Waals surface area contributed by atoms with Gasteiger partial charge in [-0.25, -0.2) is 26.3 Å². The third-order valence-electron chi connectivity index (χ3n) is 5.43. The van der Waals surface area contributed by atoms with E-state index in [4.69, 9.17) is 4.74 Å². The van der Waals surface area contributed by atoms with Crippen LogP contribution in [0.25, 0.3) is 0 Å². The molecule has 0 aromatic heterocycles. The molecule has 0 atom stereocenters. The Morgan fingerprint density at radius 2 is 1.14 bits per heavy atom. The van der Waals surface area contributed by atoms with Gasteiger partial charge in [-0.3, -0.25) is 0 Å². The molecule has 0 saturated heterocycles. The summed E-state index contributed by atoms with van der Waals surface area (Å²) in [5.74, 6) is 1.20. The van der Waals surface area contributed by atoms with E-state index in [1.807, 2.05) is 0 Å². The third kappa shape index (κ3) is 7.10. The molecular weight excluding hydrogens is 568 g/mol. The first-order chi connectivity index (χ1) is 20.0. The summed E-state index contributed by atoms with van der Waals surface area (Å²) in [6.45, 7) is 3.61. The van der Waals surface area contributed by atoms with E-state index in [-0.39, 0.29) is 34.6 Å². The Morgan fingerprint density at radius 3 is 1.71 bits per heavy atom. The van der Waals surface area contributed by atoms with Crippen molar-refractivity contribution in [2.24, 2.45) is 0 Å². The summed E-state index contributed by atoms with van der Waals surface area (Å²) in [6.07, 6.45) is -3.13. The van der Waals surface area contributed by atoms with Crippen molar-refractivity contribution in [2.75, 3.05) is 6.61 Å². The van der Waals surface area contributed by atoms with Gasteiger partial charge in [0.05, 0.1) is 11.1 Å². The van der Waals surface area contributed by atoms with Crippen LogP contribution in [-0.2, 0) is 6.11 Å².